The highest BCUT2D eigenvalue weighted by Gasteiger charge is 2.66. The van der Waals surface area contributed by atoms with Crippen LogP contribution in [0.25, 0.3) is 0 Å². The molecular weight excluding hydrogens is 385 g/mol. The second-order valence-corrected chi connectivity index (χ2v) is 6.51. The molecular formula is C15H13ClF5N3O2. The van der Waals surface area contributed by atoms with E-state index in [-0.39, 0.29) is 30.0 Å². The molecule has 1 aliphatic rings. The van der Waals surface area contributed by atoms with Gasteiger partial charge in [-0.3, -0.25) is 0 Å². The minimum atomic E-state index is -4.93. The van der Waals surface area contributed by atoms with Crippen molar-refractivity contribution in [1.82, 2.24) is 14.8 Å². The lowest BCUT2D eigenvalue weighted by Crippen LogP contribution is -2.45. The van der Waals surface area contributed by atoms with Crippen molar-refractivity contribution in [3.05, 3.63) is 41.4 Å². The molecule has 1 aliphatic carbocycles. The van der Waals surface area contributed by atoms with Crippen molar-refractivity contribution >= 4 is 11.6 Å². The molecule has 3 rings (SSSR count). The predicted molar refractivity (Wildman–Crippen MR) is 79.7 cm³/mol. The number of alkyl halides is 5. The summed E-state index contributed by atoms with van der Waals surface area (Å²) in [4.78, 5) is 3.70. The van der Waals surface area contributed by atoms with Crippen LogP contribution in [0, 0.1) is 5.41 Å². The minimum Gasteiger partial charge on any atom is -0.406 e. The number of hydrogen-bond acceptors (Lipinski definition) is 4. The molecule has 1 aromatic heterocycles. The maximum absolute atomic E-state index is 13.7. The van der Waals surface area contributed by atoms with Crippen molar-refractivity contribution in [2.24, 2.45) is 5.41 Å². The number of benzene rings is 1. The molecule has 2 aromatic rings. The van der Waals surface area contributed by atoms with Gasteiger partial charge in [-0.1, -0.05) is 17.7 Å². The lowest BCUT2D eigenvalue weighted by atomic mass is 9.78. The van der Waals surface area contributed by atoms with Gasteiger partial charge in [-0.15, -0.1) is 13.2 Å². The van der Waals surface area contributed by atoms with Gasteiger partial charge in [-0.05, 0) is 25.0 Å². The van der Waals surface area contributed by atoms with Crippen LogP contribution in [0.4, 0.5) is 22.0 Å². The smallest absolute Gasteiger partial charge is 0.406 e. The molecule has 142 valence electrons. The van der Waals surface area contributed by atoms with Crippen LogP contribution in [0.3, 0.4) is 0 Å². The molecule has 5 nitrogen and oxygen atoms in total. The number of halogens is 6. The Morgan fingerprint density at radius 2 is 2.00 bits per heavy atom. The minimum absolute atomic E-state index is 0.0347. The average molecular weight is 398 g/mol. The van der Waals surface area contributed by atoms with Crippen LogP contribution in [-0.4, -0.2) is 32.7 Å². The normalized spacial score (nSPS) is 18.6. The molecule has 11 heteroatoms. The van der Waals surface area contributed by atoms with Crippen molar-refractivity contribution in [2.45, 2.75) is 37.8 Å². The van der Waals surface area contributed by atoms with Gasteiger partial charge in [0.05, 0.1) is 17.0 Å². The average Bonchev–Trinajstić information content (AvgIpc) is 3.19. The van der Waals surface area contributed by atoms with Crippen LogP contribution in [-0.2, 0) is 12.1 Å². The zero-order valence-corrected chi connectivity index (χ0v) is 13.8. The second-order valence-electron chi connectivity index (χ2n) is 6.10. The maximum Gasteiger partial charge on any atom is 0.573 e. The Morgan fingerprint density at radius 3 is 2.46 bits per heavy atom. The van der Waals surface area contributed by atoms with Gasteiger partial charge in [-0.2, -0.15) is 5.10 Å². The summed E-state index contributed by atoms with van der Waals surface area (Å²) in [7, 11) is 0. The molecule has 0 bridgehead atoms. The highest BCUT2D eigenvalue weighted by atomic mass is 35.5. The van der Waals surface area contributed by atoms with Gasteiger partial charge in [0.15, 0.2) is 0 Å². The third-order valence-corrected chi connectivity index (χ3v) is 4.82. The third-order valence-electron chi connectivity index (χ3n) is 4.51. The summed E-state index contributed by atoms with van der Waals surface area (Å²) in [6.45, 7) is -0.378. The van der Waals surface area contributed by atoms with Crippen LogP contribution in [0.1, 0.15) is 18.4 Å². The number of nitrogens with zero attached hydrogens (tertiary/aromatic N) is 3. The van der Waals surface area contributed by atoms with Gasteiger partial charge >= 0.3 is 6.36 Å². The fourth-order valence-electron chi connectivity index (χ4n) is 3.03. The number of aliphatic hydroxyl groups is 1. The van der Waals surface area contributed by atoms with Crippen LogP contribution in [0.15, 0.2) is 30.9 Å². The molecule has 1 fully saturated rings. The lowest BCUT2D eigenvalue weighted by Gasteiger charge is -2.37. The van der Waals surface area contributed by atoms with Crippen molar-refractivity contribution in [2.75, 3.05) is 0 Å². The third kappa shape index (κ3) is 3.35. The predicted octanol–water partition coefficient (Wildman–Crippen LogP) is 3.76. The monoisotopic (exact) mass is 397 g/mol. The summed E-state index contributed by atoms with van der Waals surface area (Å²) in [5.41, 5.74) is -4.04. The molecule has 0 spiro atoms. The topological polar surface area (TPSA) is 60.2 Å². The van der Waals surface area contributed by atoms with E-state index in [0.717, 1.165) is 18.2 Å². The molecule has 1 atom stereocenters. The molecule has 0 saturated heterocycles. The summed E-state index contributed by atoms with van der Waals surface area (Å²) in [6, 6.07) is 2.81. The van der Waals surface area contributed by atoms with Gasteiger partial charge in [0.25, 0.3) is 0 Å². The second kappa shape index (κ2) is 6.34. The summed E-state index contributed by atoms with van der Waals surface area (Å²) < 4.78 is 69.3. The molecule has 1 saturated carbocycles. The quantitative estimate of drug-likeness (QED) is 0.754. The summed E-state index contributed by atoms with van der Waals surface area (Å²) in [5.74, 6) is -0.615. The molecule has 26 heavy (non-hydrogen) atoms. The lowest BCUT2D eigenvalue weighted by molar-refractivity contribution is -0.274. The molecule has 0 amide bonds. The van der Waals surface area contributed by atoms with E-state index in [1.807, 2.05) is 0 Å². The van der Waals surface area contributed by atoms with E-state index in [1.165, 1.54) is 17.3 Å². The van der Waals surface area contributed by atoms with Crippen molar-refractivity contribution in [3.63, 3.8) is 0 Å². The molecule has 0 aliphatic heterocycles. The number of rotatable bonds is 6. The summed E-state index contributed by atoms with van der Waals surface area (Å²) in [6.07, 6.45) is -5.31. The Bertz CT molecular complexity index is 780. The zero-order valence-electron chi connectivity index (χ0n) is 13.1. The van der Waals surface area contributed by atoms with E-state index in [1.54, 1.807) is 0 Å². The first-order valence-corrected chi connectivity index (χ1v) is 7.84. The van der Waals surface area contributed by atoms with Gasteiger partial charge < -0.3 is 9.84 Å². The van der Waals surface area contributed by atoms with Gasteiger partial charge in [-0.25, -0.2) is 18.4 Å². The molecule has 1 aromatic carbocycles. The Balaban J connectivity index is 2.02. The SMILES string of the molecule is OC(Cn1cncn1)(c1ccc(OC(F)(F)F)cc1Cl)C1(C(F)F)CC1. The first kappa shape index (κ1) is 18.8. The van der Waals surface area contributed by atoms with Gasteiger partial charge in [0, 0.05) is 5.56 Å². The van der Waals surface area contributed by atoms with E-state index >= 15 is 0 Å². The van der Waals surface area contributed by atoms with Crippen LogP contribution < -0.4 is 4.74 Å². The van der Waals surface area contributed by atoms with Crippen molar-refractivity contribution < 1.29 is 31.8 Å². The van der Waals surface area contributed by atoms with E-state index in [0.29, 0.717) is 0 Å². The molecule has 0 radical (unpaired) electrons. The van der Waals surface area contributed by atoms with E-state index in [2.05, 4.69) is 14.8 Å². The zero-order chi connectivity index (χ0) is 19.2. The standard InChI is InChI=1S/C15H13ClF5N3O2/c16-11-5-9(26-15(19,20)21)1-2-10(11)14(25,6-24-8-22-7-23-24)13(3-4-13)12(17)18/h1-2,5,7-8,12,25H,3-4,6H2. The Hall–Kier alpha value is -1.94. The molecule has 1 heterocycles. The van der Waals surface area contributed by atoms with Crippen LogP contribution in [0.5, 0.6) is 5.75 Å². The Labute approximate surface area is 149 Å². The van der Waals surface area contributed by atoms with Gasteiger partial charge in [0.2, 0.25) is 6.43 Å². The van der Waals surface area contributed by atoms with Crippen LogP contribution in [0.2, 0.25) is 5.02 Å². The van der Waals surface area contributed by atoms with E-state index in [9.17, 15) is 27.1 Å². The Morgan fingerprint density at radius 1 is 1.31 bits per heavy atom. The highest BCUT2D eigenvalue weighted by Crippen LogP contribution is 2.63. The summed E-state index contributed by atoms with van der Waals surface area (Å²) >= 11 is 6.02. The first-order valence-electron chi connectivity index (χ1n) is 7.46. The van der Waals surface area contributed by atoms with E-state index in [4.69, 9.17) is 11.6 Å². The number of hydrogen-bond donors (Lipinski definition) is 1. The largest absolute Gasteiger partial charge is 0.573 e. The molecule has 1 N–H and O–H groups in total. The fraction of sp³-hybridized carbons (Fsp3) is 0.467. The van der Waals surface area contributed by atoms with Crippen molar-refractivity contribution in [3.8, 4) is 5.75 Å². The highest BCUT2D eigenvalue weighted by molar-refractivity contribution is 6.31. The van der Waals surface area contributed by atoms with Gasteiger partial charge in [0.1, 0.15) is 24.0 Å². The van der Waals surface area contributed by atoms with Crippen LogP contribution >= 0.6 is 11.6 Å². The van der Waals surface area contributed by atoms with Crippen molar-refractivity contribution in [1.29, 1.82) is 0 Å². The fourth-order valence-corrected chi connectivity index (χ4v) is 3.36. The number of aromatic nitrogens is 3. The maximum atomic E-state index is 13.7. The number of ether oxygens (including phenoxy) is 1. The first-order chi connectivity index (χ1) is 12.1. The molecule has 1 unspecified atom stereocenters. The summed E-state index contributed by atoms with van der Waals surface area (Å²) in [5, 5.41) is 14.7. The van der Waals surface area contributed by atoms with E-state index < -0.39 is 29.6 Å². The Kier molecular flexibility index (Phi) is 4.60.